The molecule has 0 nitrogen and oxygen atoms in total. The Morgan fingerprint density at radius 1 is 0.720 bits per heavy atom. The van der Waals surface area contributed by atoms with Gasteiger partial charge in [-0.25, -0.2) is 0 Å². The molecule has 0 atom stereocenters. The third kappa shape index (κ3) is 4.53. The van der Waals surface area contributed by atoms with Crippen LogP contribution in [0.5, 0.6) is 0 Å². The van der Waals surface area contributed by atoms with Crippen LogP contribution in [0.3, 0.4) is 0 Å². The summed E-state index contributed by atoms with van der Waals surface area (Å²) < 4.78 is 0. The molecule has 0 heterocycles. The molecule has 0 unspecified atom stereocenters. The summed E-state index contributed by atoms with van der Waals surface area (Å²) in [6, 6.07) is 26.1. The van der Waals surface area contributed by atoms with Crippen molar-refractivity contribution < 1.29 is 20.8 Å². The third-order valence-corrected chi connectivity index (χ3v) is 4.36. The van der Waals surface area contributed by atoms with E-state index < -0.39 is 20.8 Å². The first-order valence-electron chi connectivity index (χ1n) is 8.14. The van der Waals surface area contributed by atoms with Gasteiger partial charge in [0, 0.05) is 0 Å². The van der Waals surface area contributed by atoms with Crippen molar-refractivity contribution in [2.75, 3.05) is 0 Å². The van der Waals surface area contributed by atoms with Crippen LogP contribution in [-0.2, 0) is 27.3 Å². The molecule has 1 aliphatic rings. The number of rotatable bonds is 2. The van der Waals surface area contributed by atoms with Crippen molar-refractivity contribution in [3.63, 3.8) is 0 Å². The van der Waals surface area contributed by atoms with Crippen molar-refractivity contribution in [2.24, 2.45) is 0 Å². The first-order valence-corrected chi connectivity index (χ1v) is 14.5. The number of hydrogen-bond acceptors (Lipinski definition) is 0. The Balaban J connectivity index is 0.000000569. The second-order valence-corrected chi connectivity index (χ2v) is 9.79. The molecule has 4 rings (SSSR count). The molecule has 0 bridgehead atoms. The topological polar surface area (TPSA) is 0 Å². The average Bonchev–Trinajstić information content (AvgIpc) is 3.03. The molecule has 0 aliphatic heterocycles. The van der Waals surface area contributed by atoms with E-state index in [0.717, 1.165) is 6.42 Å². The van der Waals surface area contributed by atoms with Gasteiger partial charge in [0.15, 0.2) is 0 Å². The SMILES string of the molecule is CC1=Cc2c(cccc2-c2ccc(-c3ccccc3)cc2)C1.[Cl][Zr][Cl]. The van der Waals surface area contributed by atoms with E-state index in [4.69, 9.17) is 17.0 Å². The standard InChI is InChI=1S/C22H18.2ClH.Zr/c1-16-14-20-8-5-9-21(22(20)15-16)19-12-10-18(11-13-19)17-6-3-2-4-7-17;;;/h2-13,15H,14H2,1H3;2*1H;/q;;;+2/p-2. The normalized spacial score (nSPS) is 11.9. The molecule has 0 amide bonds. The maximum absolute atomic E-state index is 4.93. The van der Waals surface area contributed by atoms with Gasteiger partial charge in [-0.3, -0.25) is 0 Å². The van der Waals surface area contributed by atoms with Gasteiger partial charge in [-0.05, 0) is 46.7 Å². The fourth-order valence-corrected chi connectivity index (χ4v) is 3.26. The van der Waals surface area contributed by atoms with Crippen LogP contribution in [0.15, 0.2) is 78.4 Å². The zero-order valence-electron chi connectivity index (χ0n) is 14.0. The molecule has 1 aliphatic carbocycles. The molecule has 0 saturated heterocycles. The molecular weight excluding hydrogens is 426 g/mol. The molecule has 0 fully saturated rings. The molecule has 0 N–H and O–H groups in total. The molecule has 0 spiro atoms. The molecule has 3 aromatic rings. The maximum atomic E-state index is 4.93. The molecule has 0 saturated carbocycles. The van der Waals surface area contributed by atoms with E-state index in [9.17, 15) is 0 Å². The van der Waals surface area contributed by atoms with Crippen molar-refractivity contribution in [2.45, 2.75) is 13.3 Å². The van der Waals surface area contributed by atoms with E-state index in [-0.39, 0.29) is 0 Å². The van der Waals surface area contributed by atoms with E-state index in [2.05, 4.69) is 85.8 Å². The van der Waals surface area contributed by atoms with E-state index in [1.54, 1.807) is 0 Å². The minimum atomic E-state index is -0.826. The van der Waals surface area contributed by atoms with Gasteiger partial charge < -0.3 is 0 Å². The van der Waals surface area contributed by atoms with E-state index in [1.165, 1.54) is 39.0 Å². The van der Waals surface area contributed by atoms with Gasteiger partial charge in [-0.2, -0.15) is 0 Å². The van der Waals surface area contributed by atoms with E-state index in [0.29, 0.717) is 0 Å². The van der Waals surface area contributed by atoms with Gasteiger partial charge >= 0.3 is 37.9 Å². The monoisotopic (exact) mass is 442 g/mol. The van der Waals surface area contributed by atoms with Crippen molar-refractivity contribution in [1.82, 2.24) is 0 Å². The Hall–Kier alpha value is -1.14. The molecule has 3 aromatic carbocycles. The van der Waals surface area contributed by atoms with Crippen molar-refractivity contribution in [3.05, 3.63) is 89.5 Å². The summed E-state index contributed by atoms with van der Waals surface area (Å²) in [5.41, 5.74) is 9.46. The Kier molecular flexibility index (Phi) is 6.71. The first-order chi connectivity index (χ1) is 12.2. The molecular formula is C22H18Cl2Zr. The summed E-state index contributed by atoms with van der Waals surface area (Å²) in [4.78, 5) is 0. The van der Waals surface area contributed by atoms with Gasteiger partial charge in [0.2, 0.25) is 0 Å². The first kappa shape index (κ1) is 18.6. The summed E-state index contributed by atoms with van der Waals surface area (Å²) in [5.74, 6) is 0. The average molecular weight is 445 g/mol. The second kappa shape index (κ2) is 8.99. The minimum absolute atomic E-state index is 0.826. The number of hydrogen-bond donors (Lipinski definition) is 0. The number of fused-ring (bicyclic) bond motifs is 1. The number of halogens is 2. The Morgan fingerprint density at radius 2 is 1.32 bits per heavy atom. The van der Waals surface area contributed by atoms with Crippen LogP contribution in [0.25, 0.3) is 28.3 Å². The Bertz CT molecular complexity index is 868. The fraction of sp³-hybridized carbons (Fsp3) is 0.0909. The van der Waals surface area contributed by atoms with E-state index >= 15 is 0 Å². The predicted octanol–water partition coefficient (Wildman–Crippen LogP) is 7.36. The number of allylic oxidation sites excluding steroid dienone is 1. The summed E-state index contributed by atoms with van der Waals surface area (Å²) in [5, 5.41) is 0. The van der Waals surface area contributed by atoms with Gasteiger partial charge in [-0.15, -0.1) is 0 Å². The molecule has 3 heteroatoms. The van der Waals surface area contributed by atoms with Crippen LogP contribution in [0.2, 0.25) is 0 Å². The molecule has 25 heavy (non-hydrogen) atoms. The fourth-order valence-electron chi connectivity index (χ4n) is 3.26. The van der Waals surface area contributed by atoms with Crippen LogP contribution in [0, 0.1) is 0 Å². The third-order valence-electron chi connectivity index (χ3n) is 4.36. The molecule has 124 valence electrons. The molecule has 0 radical (unpaired) electrons. The Morgan fingerprint density at radius 3 is 2.00 bits per heavy atom. The van der Waals surface area contributed by atoms with Crippen LogP contribution in [0.1, 0.15) is 18.1 Å². The van der Waals surface area contributed by atoms with Crippen molar-refractivity contribution >= 4 is 23.1 Å². The van der Waals surface area contributed by atoms with Crippen molar-refractivity contribution in [3.8, 4) is 22.3 Å². The van der Waals surface area contributed by atoms with Crippen LogP contribution >= 0.6 is 17.0 Å². The summed E-state index contributed by atoms with van der Waals surface area (Å²) in [7, 11) is 9.87. The van der Waals surface area contributed by atoms with Gasteiger partial charge in [-0.1, -0.05) is 84.4 Å². The quantitative estimate of drug-likeness (QED) is 0.387. The van der Waals surface area contributed by atoms with Crippen LogP contribution in [-0.4, -0.2) is 0 Å². The van der Waals surface area contributed by atoms with Gasteiger partial charge in [0.05, 0.1) is 0 Å². The van der Waals surface area contributed by atoms with Crippen LogP contribution < -0.4 is 0 Å². The van der Waals surface area contributed by atoms with Gasteiger partial charge in [0.1, 0.15) is 0 Å². The Labute approximate surface area is 168 Å². The van der Waals surface area contributed by atoms with Crippen molar-refractivity contribution in [1.29, 1.82) is 0 Å². The summed E-state index contributed by atoms with van der Waals surface area (Å²) in [6.45, 7) is 2.21. The predicted molar refractivity (Wildman–Crippen MR) is 106 cm³/mol. The zero-order valence-corrected chi connectivity index (χ0v) is 17.9. The van der Waals surface area contributed by atoms with E-state index in [1.807, 2.05) is 0 Å². The second-order valence-electron chi connectivity index (χ2n) is 6.06. The number of benzene rings is 3. The summed E-state index contributed by atoms with van der Waals surface area (Å²) in [6.07, 6.45) is 3.42. The molecule has 0 aromatic heterocycles. The zero-order chi connectivity index (χ0) is 17.6. The van der Waals surface area contributed by atoms with Gasteiger partial charge in [0.25, 0.3) is 0 Å². The van der Waals surface area contributed by atoms with Crippen LogP contribution in [0.4, 0.5) is 0 Å². The summed E-state index contributed by atoms with van der Waals surface area (Å²) >= 11 is -0.826.